The van der Waals surface area contributed by atoms with Crippen LogP contribution in [0, 0.1) is 5.92 Å². The lowest BCUT2D eigenvalue weighted by Crippen LogP contribution is -2.09. The maximum absolute atomic E-state index is 12.7. The van der Waals surface area contributed by atoms with Crippen LogP contribution in [0.25, 0.3) is 5.65 Å². The second kappa shape index (κ2) is 5.78. The van der Waals surface area contributed by atoms with Crippen molar-refractivity contribution in [1.29, 1.82) is 0 Å². The molecular weight excluding hydrogens is 269 g/mol. The standard InChI is InChI=1S/C13H17F3N4/c1-9(6-7-17)2-4-11-18-19-12-5-3-10(8-20(11)12)13(14,15)16/h3,5,8-9H,2,4,6-7,17H2,1H3. The van der Waals surface area contributed by atoms with Crippen molar-refractivity contribution in [3.63, 3.8) is 0 Å². The molecule has 1 atom stereocenters. The highest BCUT2D eigenvalue weighted by Crippen LogP contribution is 2.29. The van der Waals surface area contributed by atoms with E-state index in [1.54, 1.807) is 0 Å². The Bertz CT molecular complexity index is 576. The highest BCUT2D eigenvalue weighted by atomic mass is 19.4. The highest BCUT2D eigenvalue weighted by molar-refractivity contribution is 5.40. The van der Waals surface area contributed by atoms with Gasteiger partial charge < -0.3 is 5.73 Å². The summed E-state index contributed by atoms with van der Waals surface area (Å²) >= 11 is 0. The molecule has 1 unspecified atom stereocenters. The maximum Gasteiger partial charge on any atom is 0.417 e. The van der Waals surface area contributed by atoms with Crippen LogP contribution in [0.4, 0.5) is 13.2 Å². The molecule has 2 aromatic rings. The number of halogens is 3. The average molecular weight is 286 g/mol. The predicted octanol–water partition coefficient (Wildman–Crippen LogP) is 2.67. The third-order valence-corrected chi connectivity index (χ3v) is 3.32. The molecule has 20 heavy (non-hydrogen) atoms. The van der Waals surface area contributed by atoms with Gasteiger partial charge >= 0.3 is 6.18 Å². The Balaban J connectivity index is 2.21. The number of hydrogen-bond acceptors (Lipinski definition) is 3. The summed E-state index contributed by atoms with van der Waals surface area (Å²) in [5.41, 5.74) is 5.22. The summed E-state index contributed by atoms with van der Waals surface area (Å²) in [6, 6.07) is 2.35. The molecule has 0 saturated heterocycles. The van der Waals surface area contributed by atoms with E-state index in [-0.39, 0.29) is 0 Å². The molecule has 0 aliphatic heterocycles. The number of pyridine rings is 1. The first-order valence-electron chi connectivity index (χ1n) is 6.52. The van der Waals surface area contributed by atoms with Gasteiger partial charge in [0.2, 0.25) is 0 Å². The zero-order chi connectivity index (χ0) is 14.8. The van der Waals surface area contributed by atoms with Gasteiger partial charge in [-0.15, -0.1) is 10.2 Å². The fourth-order valence-electron chi connectivity index (χ4n) is 2.08. The Hall–Kier alpha value is -1.63. The summed E-state index contributed by atoms with van der Waals surface area (Å²) in [6.07, 6.45) is -0.997. The quantitative estimate of drug-likeness (QED) is 0.919. The first-order chi connectivity index (χ1) is 9.41. The van der Waals surface area contributed by atoms with Crippen molar-refractivity contribution in [3.05, 3.63) is 29.7 Å². The van der Waals surface area contributed by atoms with E-state index < -0.39 is 11.7 Å². The minimum Gasteiger partial charge on any atom is -0.330 e. The molecular formula is C13H17F3N4. The van der Waals surface area contributed by atoms with E-state index in [0.29, 0.717) is 30.4 Å². The van der Waals surface area contributed by atoms with Crippen LogP contribution in [0.1, 0.15) is 31.2 Å². The molecule has 0 amide bonds. The summed E-state index contributed by atoms with van der Waals surface area (Å²) in [5, 5.41) is 7.85. The topological polar surface area (TPSA) is 56.2 Å². The molecule has 0 aliphatic rings. The smallest absolute Gasteiger partial charge is 0.330 e. The van der Waals surface area contributed by atoms with Gasteiger partial charge in [-0.25, -0.2) is 0 Å². The molecule has 2 heterocycles. The van der Waals surface area contributed by atoms with Gasteiger partial charge in [-0.1, -0.05) is 6.92 Å². The van der Waals surface area contributed by atoms with Crippen LogP contribution in [0.15, 0.2) is 18.3 Å². The molecule has 0 radical (unpaired) electrons. The van der Waals surface area contributed by atoms with E-state index in [2.05, 4.69) is 17.1 Å². The normalized spacial score (nSPS) is 13.8. The number of rotatable bonds is 5. The van der Waals surface area contributed by atoms with Crippen LogP contribution in [0.3, 0.4) is 0 Å². The van der Waals surface area contributed by atoms with E-state index >= 15 is 0 Å². The van der Waals surface area contributed by atoms with E-state index in [9.17, 15) is 13.2 Å². The van der Waals surface area contributed by atoms with Crippen LogP contribution in [0.2, 0.25) is 0 Å². The van der Waals surface area contributed by atoms with E-state index in [0.717, 1.165) is 25.1 Å². The minimum atomic E-state index is -4.36. The van der Waals surface area contributed by atoms with Crippen LogP contribution < -0.4 is 5.73 Å². The van der Waals surface area contributed by atoms with Gasteiger partial charge in [-0.3, -0.25) is 4.40 Å². The lowest BCUT2D eigenvalue weighted by atomic mass is 10.0. The van der Waals surface area contributed by atoms with Crippen molar-refractivity contribution in [2.45, 2.75) is 32.4 Å². The van der Waals surface area contributed by atoms with E-state index in [4.69, 9.17) is 5.73 Å². The Morgan fingerprint density at radius 1 is 1.25 bits per heavy atom. The van der Waals surface area contributed by atoms with Crippen molar-refractivity contribution in [1.82, 2.24) is 14.6 Å². The number of aryl methyl sites for hydroxylation is 1. The lowest BCUT2D eigenvalue weighted by molar-refractivity contribution is -0.137. The number of alkyl halides is 3. The number of nitrogens with zero attached hydrogens (tertiary/aromatic N) is 3. The molecule has 0 bridgehead atoms. The summed E-state index contributed by atoms with van der Waals surface area (Å²) in [7, 11) is 0. The van der Waals surface area contributed by atoms with Crippen molar-refractivity contribution < 1.29 is 13.2 Å². The van der Waals surface area contributed by atoms with Crippen LogP contribution >= 0.6 is 0 Å². The molecule has 2 N–H and O–H groups in total. The molecule has 4 nitrogen and oxygen atoms in total. The number of hydrogen-bond donors (Lipinski definition) is 1. The second-order valence-electron chi connectivity index (χ2n) is 4.98. The van der Waals surface area contributed by atoms with Gasteiger partial charge in [-0.2, -0.15) is 13.2 Å². The fraction of sp³-hybridized carbons (Fsp3) is 0.538. The molecule has 2 aromatic heterocycles. The van der Waals surface area contributed by atoms with Crippen LogP contribution in [-0.4, -0.2) is 21.1 Å². The zero-order valence-corrected chi connectivity index (χ0v) is 11.2. The number of aromatic nitrogens is 3. The summed E-state index contributed by atoms with van der Waals surface area (Å²) in [6.45, 7) is 2.68. The Morgan fingerprint density at radius 2 is 2.00 bits per heavy atom. The molecule has 0 fully saturated rings. The van der Waals surface area contributed by atoms with E-state index in [1.807, 2.05) is 0 Å². The molecule has 0 spiro atoms. The predicted molar refractivity (Wildman–Crippen MR) is 69.1 cm³/mol. The maximum atomic E-state index is 12.7. The van der Waals surface area contributed by atoms with Gasteiger partial charge in [0.25, 0.3) is 0 Å². The van der Waals surface area contributed by atoms with Crippen molar-refractivity contribution >= 4 is 5.65 Å². The minimum absolute atomic E-state index is 0.415. The van der Waals surface area contributed by atoms with Gasteiger partial charge in [-0.05, 0) is 37.4 Å². The Kier molecular flexibility index (Phi) is 4.27. The first-order valence-corrected chi connectivity index (χ1v) is 6.52. The fourth-order valence-corrected chi connectivity index (χ4v) is 2.08. The zero-order valence-electron chi connectivity index (χ0n) is 11.2. The molecule has 0 saturated carbocycles. The van der Waals surface area contributed by atoms with Crippen LogP contribution in [-0.2, 0) is 12.6 Å². The Morgan fingerprint density at radius 3 is 2.65 bits per heavy atom. The molecule has 110 valence electrons. The average Bonchev–Trinajstić information content (AvgIpc) is 2.78. The van der Waals surface area contributed by atoms with Crippen molar-refractivity contribution in [3.8, 4) is 0 Å². The van der Waals surface area contributed by atoms with Crippen molar-refractivity contribution in [2.75, 3.05) is 6.54 Å². The van der Waals surface area contributed by atoms with E-state index in [1.165, 1.54) is 10.5 Å². The molecule has 7 heteroatoms. The third-order valence-electron chi connectivity index (χ3n) is 3.32. The SMILES string of the molecule is CC(CCN)CCc1nnc2ccc(C(F)(F)F)cn12. The van der Waals surface area contributed by atoms with Crippen molar-refractivity contribution in [2.24, 2.45) is 11.7 Å². The summed E-state index contributed by atoms with van der Waals surface area (Å²) in [4.78, 5) is 0. The van der Waals surface area contributed by atoms with Gasteiger partial charge in [0, 0.05) is 12.6 Å². The summed E-state index contributed by atoms with van der Waals surface area (Å²) in [5.74, 6) is 0.966. The van der Waals surface area contributed by atoms with Gasteiger partial charge in [0.15, 0.2) is 5.65 Å². The van der Waals surface area contributed by atoms with Gasteiger partial charge in [0.1, 0.15) is 5.82 Å². The van der Waals surface area contributed by atoms with Gasteiger partial charge in [0.05, 0.1) is 5.56 Å². The van der Waals surface area contributed by atoms with Crippen LogP contribution in [0.5, 0.6) is 0 Å². The third kappa shape index (κ3) is 3.27. The molecule has 2 rings (SSSR count). The Labute approximate surface area is 114 Å². The number of fused-ring (bicyclic) bond motifs is 1. The largest absolute Gasteiger partial charge is 0.417 e. The molecule has 0 aromatic carbocycles. The monoisotopic (exact) mass is 286 g/mol. The number of nitrogens with two attached hydrogens (primary N) is 1. The lowest BCUT2D eigenvalue weighted by Gasteiger charge is -2.09. The summed E-state index contributed by atoms with van der Waals surface area (Å²) < 4.78 is 39.5. The first kappa shape index (κ1) is 14.8. The molecule has 0 aliphatic carbocycles. The second-order valence-corrected chi connectivity index (χ2v) is 4.98. The highest BCUT2D eigenvalue weighted by Gasteiger charge is 2.31.